The van der Waals surface area contributed by atoms with E-state index >= 15 is 0 Å². The summed E-state index contributed by atoms with van der Waals surface area (Å²) in [7, 11) is 0. The molecule has 1 fully saturated rings. The van der Waals surface area contributed by atoms with Gasteiger partial charge in [-0.2, -0.15) is 24.7 Å². The van der Waals surface area contributed by atoms with Crippen molar-refractivity contribution in [2.45, 2.75) is 25.3 Å². The number of rotatable bonds is 3. The van der Waals surface area contributed by atoms with Crippen LogP contribution in [0, 0.1) is 0 Å². The Morgan fingerprint density at radius 2 is 2.18 bits per heavy atom. The second-order valence-electron chi connectivity index (χ2n) is 4.25. The summed E-state index contributed by atoms with van der Waals surface area (Å²) in [6, 6.07) is 0. The fourth-order valence-electron chi connectivity index (χ4n) is 1.39. The van der Waals surface area contributed by atoms with Crippen molar-refractivity contribution in [3.05, 3.63) is 17.9 Å². The highest BCUT2D eigenvalue weighted by atomic mass is 35.5. The van der Waals surface area contributed by atoms with Gasteiger partial charge in [-0.3, -0.25) is 0 Å². The zero-order valence-corrected chi connectivity index (χ0v) is 9.89. The van der Waals surface area contributed by atoms with Crippen LogP contribution in [0.1, 0.15) is 19.8 Å². The predicted octanol–water partition coefficient (Wildman–Crippen LogP) is 1.07. The van der Waals surface area contributed by atoms with Gasteiger partial charge in [0.25, 0.3) is 5.95 Å². The molecule has 0 unspecified atom stereocenters. The lowest BCUT2D eigenvalue weighted by Crippen LogP contribution is -2.19. The van der Waals surface area contributed by atoms with Crippen molar-refractivity contribution in [2.24, 2.45) is 0 Å². The summed E-state index contributed by atoms with van der Waals surface area (Å²) in [5.74, 6) is 0.824. The standard InChI is InChI=1S/C9H10ClN7/c1-9(2-3-9)16-7-13-6(10)14-8(15-7)17-5-11-4-12-17/h4-5H,2-3H2,1H3,(H,13,14,15,16). The first kappa shape index (κ1) is 10.4. The van der Waals surface area contributed by atoms with Gasteiger partial charge >= 0.3 is 0 Å². The van der Waals surface area contributed by atoms with Crippen molar-refractivity contribution < 1.29 is 0 Å². The van der Waals surface area contributed by atoms with E-state index in [1.165, 1.54) is 17.3 Å². The van der Waals surface area contributed by atoms with Crippen molar-refractivity contribution in [1.29, 1.82) is 0 Å². The molecule has 0 spiro atoms. The molecule has 1 saturated carbocycles. The second-order valence-corrected chi connectivity index (χ2v) is 4.59. The van der Waals surface area contributed by atoms with Gasteiger partial charge in [-0.05, 0) is 31.4 Å². The molecule has 0 aliphatic heterocycles. The maximum absolute atomic E-state index is 5.85. The Hall–Kier alpha value is -1.76. The average Bonchev–Trinajstić information content (AvgIpc) is 2.83. The Morgan fingerprint density at radius 3 is 2.82 bits per heavy atom. The van der Waals surface area contributed by atoms with Crippen molar-refractivity contribution >= 4 is 17.5 Å². The highest BCUT2D eigenvalue weighted by molar-refractivity contribution is 6.28. The molecule has 2 heterocycles. The Bertz CT molecular complexity index is 534. The Morgan fingerprint density at radius 1 is 1.35 bits per heavy atom. The van der Waals surface area contributed by atoms with Gasteiger partial charge in [-0.15, -0.1) is 0 Å². The molecule has 0 aromatic carbocycles. The van der Waals surface area contributed by atoms with Gasteiger partial charge in [-0.1, -0.05) is 0 Å². The quantitative estimate of drug-likeness (QED) is 0.879. The van der Waals surface area contributed by atoms with Crippen molar-refractivity contribution in [3.8, 4) is 5.95 Å². The summed E-state index contributed by atoms with van der Waals surface area (Å²) in [5, 5.41) is 7.31. The maximum Gasteiger partial charge on any atom is 0.258 e. The molecule has 0 saturated heterocycles. The van der Waals surface area contributed by atoms with Crippen molar-refractivity contribution in [2.75, 3.05) is 5.32 Å². The molecule has 17 heavy (non-hydrogen) atoms. The van der Waals surface area contributed by atoms with E-state index in [9.17, 15) is 0 Å². The lowest BCUT2D eigenvalue weighted by Gasteiger charge is -2.11. The highest BCUT2D eigenvalue weighted by Gasteiger charge is 2.38. The van der Waals surface area contributed by atoms with Crippen molar-refractivity contribution in [3.63, 3.8) is 0 Å². The topological polar surface area (TPSA) is 81.4 Å². The van der Waals surface area contributed by atoms with E-state index in [4.69, 9.17) is 11.6 Å². The maximum atomic E-state index is 5.85. The molecule has 0 atom stereocenters. The molecule has 3 rings (SSSR count). The molecular weight excluding hydrogens is 242 g/mol. The lowest BCUT2D eigenvalue weighted by atomic mass is 10.3. The number of aromatic nitrogens is 6. The Labute approximate surface area is 102 Å². The van der Waals surface area contributed by atoms with Gasteiger partial charge in [-0.25, -0.2) is 4.98 Å². The molecule has 0 amide bonds. The summed E-state index contributed by atoms with van der Waals surface area (Å²) < 4.78 is 1.44. The van der Waals surface area contributed by atoms with E-state index in [2.05, 4.69) is 37.3 Å². The zero-order valence-electron chi connectivity index (χ0n) is 9.13. The number of anilines is 1. The minimum atomic E-state index is 0.0876. The Balaban J connectivity index is 1.95. The minimum Gasteiger partial charge on any atom is -0.349 e. The summed E-state index contributed by atoms with van der Waals surface area (Å²) >= 11 is 5.85. The summed E-state index contributed by atoms with van der Waals surface area (Å²) in [4.78, 5) is 16.1. The molecule has 8 heteroatoms. The average molecular weight is 252 g/mol. The fraction of sp³-hybridized carbons (Fsp3) is 0.444. The van der Waals surface area contributed by atoms with Gasteiger partial charge in [0.2, 0.25) is 11.2 Å². The predicted molar refractivity (Wildman–Crippen MR) is 61.0 cm³/mol. The number of nitrogens with zero attached hydrogens (tertiary/aromatic N) is 6. The normalized spacial score (nSPS) is 16.8. The highest BCUT2D eigenvalue weighted by Crippen LogP contribution is 2.37. The van der Waals surface area contributed by atoms with E-state index in [1.807, 2.05) is 0 Å². The zero-order chi connectivity index (χ0) is 11.9. The van der Waals surface area contributed by atoms with E-state index in [-0.39, 0.29) is 10.8 Å². The molecule has 1 aliphatic rings. The molecule has 1 N–H and O–H groups in total. The lowest BCUT2D eigenvalue weighted by molar-refractivity contribution is 0.768. The first-order valence-corrected chi connectivity index (χ1v) is 5.57. The fourth-order valence-corrected chi connectivity index (χ4v) is 1.55. The Kier molecular flexibility index (Phi) is 2.22. The van der Waals surface area contributed by atoms with Crippen LogP contribution in [-0.2, 0) is 0 Å². The molecule has 1 aliphatic carbocycles. The second kappa shape index (κ2) is 3.63. The monoisotopic (exact) mass is 251 g/mol. The molecule has 2 aromatic heterocycles. The number of hydrogen-bond acceptors (Lipinski definition) is 6. The molecule has 88 valence electrons. The SMILES string of the molecule is CC1(Nc2nc(Cl)nc(-n3cncn3)n2)CC1. The van der Waals surface area contributed by atoms with E-state index in [0.29, 0.717) is 11.9 Å². The third-order valence-corrected chi connectivity index (χ3v) is 2.80. The van der Waals surface area contributed by atoms with E-state index in [1.54, 1.807) is 0 Å². The van der Waals surface area contributed by atoms with E-state index in [0.717, 1.165) is 12.8 Å². The van der Waals surface area contributed by atoms with Crippen LogP contribution in [0.4, 0.5) is 5.95 Å². The van der Waals surface area contributed by atoms with Gasteiger partial charge in [0.1, 0.15) is 12.7 Å². The summed E-state index contributed by atoms with van der Waals surface area (Å²) in [6.07, 6.45) is 5.13. The number of nitrogens with one attached hydrogen (secondary N) is 1. The molecule has 2 aromatic rings. The van der Waals surface area contributed by atoms with Crippen LogP contribution in [0.5, 0.6) is 0 Å². The molecule has 0 bridgehead atoms. The van der Waals surface area contributed by atoms with Crippen molar-refractivity contribution in [1.82, 2.24) is 29.7 Å². The van der Waals surface area contributed by atoms with Crippen LogP contribution in [0.2, 0.25) is 5.28 Å². The molecular formula is C9H10ClN7. The number of hydrogen-bond donors (Lipinski definition) is 1. The summed E-state index contributed by atoms with van der Waals surface area (Å²) in [5.41, 5.74) is 0.0876. The van der Waals surface area contributed by atoms with Crippen LogP contribution in [0.15, 0.2) is 12.7 Å². The molecule has 7 nitrogen and oxygen atoms in total. The van der Waals surface area contributed by atoms with Gasteiger partial charge < -0.3 is 5.32 Å². The third kappa shape index (κ3) is 2.19. The van der Waals surface area contributed by atoms with Crippen LogP contribution in [0.25, 0.3) is 5.95 Å². The van der Waals surface area contributed by atoms with Crippen LogP contribution < -0.4 is 5.32 Å². The largest absolute Gasteiger partial charge is 0.349 e. The first-order valence-electron chi connectivity index (χ1n) is 5.19. The number of halogens is 1. The minimum absolute atomic E-state index is 0.0876. The van der Waals surface area contributed by atoms with Crippen LogP contribution in [-0.4, -0.2) is 35.3 Å². The molecule has 0 radical (unpaired) electrons. The van der Waals surface area contributed by atoms with Gasteiger partial charge in [0, 0.05) is 5.54 Å². The van der Waals surface area contributed by atoms with Gasteiger partial charge in [0.05, 0.1) is 0 Å². The smallest absolute Gasteiger partial charge is 0.258 e. The first-order chi connectivity index (χ1) is 8.15. The van der Waals surface area contributed by atoms with Crippen LogP contribution in [0.3, 0.4) is 0 Å². The third-order valence-electron chi connectivity index (χ3n) is 2.63. The summed E-state index contributed by atoms with van der Waals surface area (Å²) in [6.45, 7) is 2.11. The van der Waals surface area contributed by atoms with Gasteiger partial charge in [0.15, 0.2) is 0 Å². The van der Waals surface area contributed by atoms with E-state index < -0.39 is 0 Å². The van der Waals surface area contributed by atoms with Crippen LogP contribution >= 0.6 is 11.6 Å².